The van der Waals surface area contributed by atoms with Gasteiger partial charge in [-0.05, 0) is 166 Å². The molecule has 16 aromatic rings. The summed E-state index contributed by atoms with van der Waals surface area (Å²) in [7, 11) is 0. The van der Waals surface area contributed by atoms with E-state index in [-0.39, 0.29) is 73.7 Å². The van der Waals surface area contributed by atoms with Crippen LogP contribution in [0.2, 0.25) is 0 Å². The third-order valence-electron chi connectivity index (χ3n) is 19.6. The van der Waals surface area contributed by atoms with E-state index in [1.54, 1.807) is 0 Å². The number of hydrogen-bond donors (Lipinski definition) is 0. The Morgan fingerprint density at radius 3 is 0.792 bits per heavy atom. The van der Waals surface area contributed by atoms with Gasteiger partial charge >= 0.3 is 51.4 Å². The minimum atomic E-state index is 0. The zero-order chi connectivity index (χ0) is 62.1. The first-order valence-corrected chi connectivity index (χ1v) is 33.6. The van der Waals surface area contributed by atoms with Gasteiger partial charge in [0.1, 0.15) is 0 Å². The quantitative estimate of drug-likeness (QED) is 0.155. The zero-order valence-electron chi connectivity index (χ0n) is 52.8. The second-order valence-electron chi connectivity index (χ2n) is 24.6. The van der Waals surface area contributed by atoms with Crippen molar-refractivity contribution in [2.45, 2.75) is 7.43 Å². The fraction of sp³-hybridized carbons (Fsp3) is 0.0118. The van der Waals surface area contributed by atoms with Crippen molar-refractivity contribution in [1.82, 2.24) is 9.13 Å². The second kappa shape index (κ2) is 24.4. The molecule has 6 nitrogen and oxygen atoms in total. The maximum absolute atomic E-state index is 3.84. The van der Waals surface area contributed by atoms with Crippen LogP contribution in [-0.4, -0.2) is 22.6 Å². The van der Waals surface area contributed by atoms with Gasteiger partial charge in [-0.15, -0.1) is 0 Å². The SMILES string of the molecule is Brc1ccc2c(c1)B1c3cc(Br)ccc3N(c3ccccc3)c3cc(-n4c5ccccc5c5ccccc54)cc(c31)N2c1ccccc1.C.[H-].[K+].c1ccc(N2c3ccccc3B3c4ccccc4N(c4ccccc4)c4cc(-n5c6ccccc6c6ccccc65)cc2c43)cc1. The van der Waals surface area contributed by atoms with Crippen LogP contribution in [0.3, 0.4) is 0 Å². The van der Waals surface area contributed by atoms with Gasteiger partial charge in [0.15, 0.2) is 0 Å². The van der Waals surface area contributed by atoms with Gasteiger partial charge in [0, 0.05) is 98.7 Å². The average Bonchev–Trinajstić information content (AvgIpc) is 1.68. The molecule has 450 valence electrons. The molecule has 96 heavy (non-hydrogen) atoms. The maximum Gasteiger partial charge on any atom is 1.00 e. The molecule has 0 atom stereocenters. The Morgan fingerprint density at radius 1 is 0.229 bits per heavy atom. The number of benzene rings is 14. The molecule has 0 spiro atoms. The van der Waals surface area contributed by atoms with Gasteiger partial charge < -0.3 is 30.2 Å². The fourth-order valence-corrected chi connectivity index (χ4v) is 16.7. The summed E-state index contributed by atoms with van der Waals surface area (Å²) in [4.78, 5) is 9.86. The summed E-state index contributed by atoms with van der Waals surface area (Å²) in [5, 5.41) is 5.03. The van der Waals surface area contributed by atoms with E-state index in [1.165, 1.54) is 122 Å². The third kappa shape index (κ3) is 9.42. The van der Waals surface area contributed by atoms with Crippen LogP contribution < -0.4 is 104 Å². The van der Waals surface area contributed by atoms with Crippen LogP contribution in [0, 0.1) is 0 Å². The molecule has 0 aliphatic carbocycles. The standard InChI is InChI=1S/C42H26BBr2N3.C42H28BN3.CH4.K.H/c44-27-19-21-38-34(23-27)43-35-24-28(45)20-22-39(35)47(30-13-5-2-6-14-30)41-26-31(25-40(42(41)43)46(38)29-11-3-1-4-12-29)48-36-17-9-7-15-32(36)33-16-8-10-18-37(33)48;1-3-15-29(16-4-1)44-38-25-13-9-21-34(38)43-35-22-10-14-26-39(35)45(30-17-5-2-6-18-30)41-28-31(27-40(44)42(41)43)46-36-23-11-7-19-32(36)33-20-8-12-24-37(33)46;;;/h1-26H;1-28H;1H4;;/q;;;+1;-1. The van der Waals surface area contributed by atoms with E-state index in [4.69, 9.17) is 0 Å². The molecule has 20 rings (SSSR count). The summed E-state index contributed by atoms with van der Waals surface area (Å²) in [6, 6.07) is 119. The van der Waals surface area contributed by atoms with E-state index in [2.05, 4.69) is 388 Å². The molecule has 4 aliphatic rings. The molecule has 4 aliphatic heterocycles. The van der Waals surface area contributed by atoms with Gasteiger partial charge in [0.25, 0.3) is 13.4 Å². The summed E-state index contributed by atoms with van der Waals surface area (Å²) in [6.45, 7) is 0.131. The fourth-order valence-electron chi connectivity index (χ4n) is 15.9. The van der Waals surface area contributed by atoms with E-state index in [0.29, 0.717) is 0 Å². The molecule has 11 heteroatoms. The van der Waals surface area contributed by atoms with Crippen molar-refractivity contribution in [2.75, 3.05) is 19.6 Å². The summed E-state index contributed by atoms with van der Waals surface area (Å²) in [5.74, 6) is 0. The number of aromatic nitrogens is 2. The number of nitrogens with zero attached hydrogens (tertiary/aromatic N) is 6. The molecule has 0 amide bonds. The number of fused-ring (bicyclic) bond motifs is 14. The minimum absolute atomic E-state index is 0. The van der Waals surface area contributed by atoms with Gasteiger partial charge in [-0.3, -0.25) is 0 Å². The molecular formula is C85H59B2Br2KN6. The zero-order valence-corrected chi connectivity index (χ0v) is 58.1. The molecule has 6 heterocycles. The van der Waals surface area contributed by atoms with Crippen LogP contribution in [0.4, 0.5) is 68.2 Å². The molecule has 0 saturated heterocycles. The monoisotopic (exact) mass is 1380 g/mol. The number of para-hydroxylation sites is 10. The van der Waals surface area contributed by atoms with Gasteiger partial charge in [-0.25, -0.2) is 0 Å². The van der Waals surface area contributed by atoms with E-state index < -0.39 is 0 Å². The molecule has 0 bridgehead atoms. The molecule has 0 saturated carbocycles. The molecule has 2 aromatic heterocycles. The first kappa shape index (κ1) is 60.3. The topological polar surface area (TPSA) is 22.8 Å². The normalized spacial score (nSPS) is 12.8. The molecule has 0 fully saturated rings. The Bertz CT molecular complexity index is 5400. The largest absolute Gasteiger partial charge is 1.00 e. The van der Waals surface area contributed by atoms with Crippen LogP contribution in [0.25, 0.3) is 55.0 Å². The van der Waals surface area contributed by atoms with Crippen molar-refractivity contribution in [3.8, 4) is 11.4 Å². The van der Waals surface area contributed by atoms with Gasteiger partial charge in [0.05, 0.1) is 33.4 Å². The minimum Gasteiger partial charge on any atom is -1.00 e. The summed E-state index contributed by atoms with van der Waals surface area (Å²) >= 11 is 7.69. The second-order valence-corrected chi connectivity index (χ2v) is 26.4. The number of hydrogen-bond acceptors (Lipinski definition) is 4. The van der Waals surface area contributed by atoms with E-state index in [0.717, 1.165) is 43.1 Å². The molecule has 0 radical (unpaired) electrons. The summed E-state index contributed by atoms with van der Waals surface area (Å²) in [6.07, 6.45) is 0. The molecular weight excluding hydrogens is 1330 g/mol. The van der Waals surface area contributed by atoms with E-state index >= 15 is 0 Å². The molecule has 14 aromatic carbocycles. The Morgan fingerprint density at radius 2 is 0.479 bits per heavy atom. The third-order valence-corrected chi connectivity index (χ3v) is 20.6. The first-order chi connectivity index (χ1) is 46.5. The maximum atomic E-state index is 3.84. The van der Waals surface area contributed by atoms with Crippen LogP contribution in [0.15, 0.2) is 337 Å². The summed E-state index contributed by atoms with van der Waals surface area (Å²) < 4.78 is 7.03. The Labute approximate surface area is 620 Å². The van der Waals surface area contributed by atoms with Crippen molar-refractivity contribution in [2.24, 2.45) is 0 Å². The molecule has 0 unspecified atom stereocenters. The van der Waals surface area contributed by atoms with E-state index in [1.807, 2.05) is 0 Å². The van der Waals surface area contributed by atoms with Crippen molar-refractivity contribution < 1.29 is 52.8 Å². The van der Waals surface area contributed by atoms with Gasteiger partial charge in [0.2, 0.25) is 0 Å². The van der Waals surface area contributed by atoms with Gasteiger partial charge in [-0.2, -0.15) is 0 Å². The smallest absolute Gasteiger partial charge is 1.00 e. The van der Waals surface area contributed by atoms with Crippen LogP contribution in [0.5, 0.6) is 0 Å². The first-order valence-electron chi connectivity index (χ1n) is 32.0. The van der Waals surface area contributed by atoms with Crippen LogP contribution in [0.1, 0.15) is 8.85 Å². The van der Waals surface area contributed by atoms with Crippen molar-refractivity contribution in [1.29, 1.82) is 0 Å². The van der Waals surface area contributed by atoms with Crippen LogP contribution in [-0.2, 0) is 0 Å². The predicted octanol–water partition coefficient (Wildman–Crippen LogP) is 17.0. The van der Waals surface area contributed by atoms with E-state index in [9.17, 15) is 0 Å². The number of halogens is 2. The van der Waals surface area contributed by atoms with Crippen molar-refractivity contribution >= 4 is 190 Å². The van der Waals surface area contributed by atoms with Crippen molar-refractivity contribution in [3.05, 3.63) is 337 Å². The Kier molecular flexibility index (Phi) is 15.3. The Hall–Kier alpha value is -9.39. The number of anilines is 12. The molecule has 0 N–H and O–H groups in total. The van der Waals surface area contributed by atoms with Crippen molar-refractivity contribution in [3.63, 3.8) is 0 Å². The average molecular weight is 1380 g/mol. The number of rotatable bonds is 6. The Balaban J connectivity index is 0.000000148. The van der Waals surface area contributed by atoms with Gasteiger partial charge in [-0.1, -0.05) is 233 Å². The summed E-state index contributed by atoms with van der Waals surface area (Å²) in [5.41, 5.74) is 29.1. The van der Waals surface area contributed by atoms with Crippen LogP contribution >= 0.6 is 31.9 Å². The predicted molar refractivity (Wildman–Crippen MR) is 413 cm³/mol.